The molecule has 1 rings (SSSR count). The van der Waals surface area contributed by atoms with E-state index in [4.69, 9.17) is 5.73 Å². The normalized spacial score (nSPS) is 14.0. The van der Waals surface area contributed by atoms with Gasteiger partial charge >= 0.3 is 0 Å². The summed E-state index contributed by atoms with van der Waals surface area (Å²) in [7, 11) is 1.83. The van der Waals surface area contributed by atoms with Crippen molar-refractivity contribution in [1.82, 2.24) is 4.90 Å². The molecule has 0 saturated heterocycles. The molecule has 3 nitrogen and oxygen atoms in total. The van der Waals surface area contributed by atoms with Gasteiger partial charge in [0.15, 0.2) is 0 Å². The molecule has 1 aromatic carbocycles. The van der Waals surface area contributed by atoms with E-state index in [0.717, 1.165) is 11.3 Å². The van der Waals surface area contributed by atoms with Crippen molar-refractivity contribution in [2.75, 3.05) is 19.3 Å². The maximum atomic E-state index is 12.8. The molecule has 1 aromatic rings. The second-order valence-corrected chi connectivity index (χ2v) is 7.22. The Kier molecular flexibility index (Phi) is 7.90. The Labute approximate surface area is 137 Å². The predicted octanol–water partition coefficient (Wildman–Crippen LogP) is 3.39. The third kappa shape index (κ3) is 6.36. The van der Waals surface area contributed by atoms with E-state index < -0.39 is 0 Å². The summed E-state index contributed by atoms with van der Waals surface area (Å²) in [6, 6.07) is 6.48. The summed E-state index contributed by atoms with van der Waals surface area (Å²) in [4.78, 5) is 15.1. The van der Waals surface area contributed by atoms with Crippen LogP contribution in [0.15, 0.2) is 29.2 Å². The first-order valence-electron chi connectivity index (χ1n) is 7.70. The van der Waals surface area contributed by atoms with Gasteiger partial charge in [-0.2, -0.15) is 0 Å². The molecule has 2 unspecified atom stereocenters. The van der Waals surface area contributed by atoms with Crippen molar-refractivity contribution in [1.29, 1.82) is 0 Å². The fourth-order valence-corrected chi connectivity index (χ4v) is 2.90. The maximum Gasteiger partial charge on any atom is 0.225 e. The first-order valence-corrected chi connectivity index (χ1v) is 8.68. The van der Waals surface area contributed by atoms with Crippen molar-refractivity contribution in [2.24, 2.45) is 17.6 Å². The molecule has 5 heteroatoms. The van der Waals surface area contributed by atoms with Crippen molar-refractivity contribution in [2.45, 2.75) is 38.1 Å². The number of thioether (sulfide) groups is 1. The molecule has 0 spiro atoms. The molecule has 0 aromatic heterocycles. The molecule has 0 aliphatic carbocycles. The Morgan fingerprint density at radius 3 is 2.41 bits per heavy atom. The van der Waals surface area contributed by atoms with E-state index in [2.05, 4.69) is 13.8 Å². The summed E-state index contributed by atoms with van der Waals surface area (Å²) in [5, 5.41) is 0. The second kappa shape index (κ2) is 9.16. The highest BCUT2D eigenvalue weighted by atomic mass is 32.2. The molecule has 0 saturated carbocycles. The minimum atomic E-state index is -0.241. The fourth-order valence-electron chi connectivity index (χ4n) is 1.99. The van der Waals surface area contributed by atoms with Crippen LogP contribution in [0, 0.1) is 17.7 Å². The van der Waals surface area contributed by atoms with Crippen LogP contribution < -0.4 is 5.73 Å². The minimum absolute atomic E-state index is 0.0738. The first-order chi connectivity index (χ1) is 10.3. The van der Waals surface area contributed by atoms with Crippen LogP contribution in [0.3, 0.4) is 0 Å². The Morgan fingerprint density at radius 2 is 1.86 bits per heavy atom. The van der Waals surface area contributed by atoms with Crippen LogP contribution in [-0.4, -0.2) is 36.2 Å². The molecule has 1 amide bonds. The SMILES string of the molecule is CC(CSc1ccc(F)cc1)C(=O)N(C)CCC(N)C(C)C. The number of halogens is 1. The van der Waals surface area contributed by atoms with Crippen LogP contribution in [0.2, 0.25) is 0 Å². The highest BCUT2D eigenvalue weighted by molar-refractivity contribution is 7.99. The zero-order chi connectivity index (χ0) is 16.7. The molecule has 0 heterocycles. The Balaban J connectivity index is 2.38. The molecule has 0 aliphatic rings. The van der Waals surface area contributed by atoms with Gasteiger partial charge in [0.2, 0.25) is 5.91 Å². The van der Waals surface area contributed by atoms with Crippen LogP contribution in [0.1, 0.15) is 27.2 Å². The highest BCUT2D eigenvalue weighted by Gasteiger charge is 2.18. The molecule has 0 bridgehead atoms. The van der Waals surface area contributed by atoms with E-state index in [1.54, 1.807) is 28.8 Å². The number of rotatable bonds is 8. The summed E-state index contributed by atoms with van der Waals surface area (Å²) in [5.41, 5.74) is 6.02. The van der Waals surface area contributed by atoms with E-state index in [9.17, 15) is 9.18 Å². The Morgan fingerprint density at radius 1 is 1.27 bits per heavy atom. The van der Waals surface area contributed by atoms with Gasteiger partial charge in [-0.25, -0.2) is 4.39 Å². The second-order valence-electron chi connectivity index (χ2n) is 6.12. The molecule has 124 valence electrons. The first kappa shape index (κ1) is 19.0. The number of amides is 1. The number of hydrogen-bond donors (Lipinski definition) is 1. The smallest absolute Gasteiger partial charge is 0.225 e. The molecule has 2 N–H and O–H groups in total. The van der Waals surface area contributed by atoms with Crippen molar-refractivity contribution in [3.63, 3.8) is 0 Å². The maximum absolute atomic E-state index is 12.8. The summed E-state index contributed by atoms with van der Waals surface area (Å²) < 4.78 is 12.8. The molecule has 0 aliphatic heterocycles. The van der Waals surface area contributed by atoms with Crippen molar-refractivity contribution in [3.05, 3.63) is 30.1 Å². The average molecular weight is 326 g/mol. The van der Waals surface area contributed by atoms with Gasteiger partial charge in [0.25, 0.3) is 0 Å². The van der Waals surface area contributed by atoms with Gasteiger partial charge in [-0.3, -0.25) is 4.79 Å². The third-order valence-electron chi connectivity index (χ3n) is 3.77. The molecular formula is C17H27FN2OS. The van der Waals surface area contributed by atoms with Crippen LogP contribution in [0.25, 0.3) is 0 Å². The van der Waals surface area contributed by atoms with E-state index in [1.165, 1.54) is 12.1 Å². The van der Waals surface area contributed by atoms with Crippen molar-refractivity contribution < 1.29 is 9.18 Å². The highest BCUT2D eigenvalue weighted by Crippen LogP contribution is 2.21. The zero-order valence-corrected chi connectivity index (χ0v) is 14.7. The number of hydrogen-bond acceptors (Lipinski definition) is 3. The largest absolute Gasteiger partial charge is 0.345 e. The lowest BCUT2D eigenvalue weighted by atomic mass is 10.0. The topological polar surface area (TPSA) is 46.3 Å². The van der Waals surface area contributed by atoms with Crippen LogP contribution in [-0.2, 0) is 4.79 Å². The Bertz CT molecular complexity index is 464. The van der Waals surface area contributed by atoms with Crippen LogP contribution >= 0.6 is 11.8 Å². The van der Waals surface area contributed by atoms with E-state index in [1.807, 2.05) is 14.0 Å². The summed E-state index contributed by atoms with van der Waals surface area (Å²) >= 11 is 1.57. The van der Waals surface area contributed by atoms with Gasteiger partial charge in [-0.15, -0.1) is 11.8 Å². The minimum Gasteiger partial charge on any atom is -0.345 e. The summed E-state index contributed by atoms with van der Waals surface area (Å²) in [6.07, 6.45) is 0.817. The van der Waals surface area contributed by atoms with Gasteiger partial charge in [0.05, 0.1) is 0 Å². The summed E-state index contributed by atoms with van der Waals surface area (Å²) in [6.45, 7) is 6.80. The van der Waals surface area contributed by atoms with Crippen molar-refractivity contribution in [3.8, 4) is 0 Å². The van der Waals surface area contributed by atoms with E-state index in [-0.39, 0.29) is 23.7 Å². The lowest BCUT2D eigenvalue weighted by Gasteiger charge is -2.24. The van der Waals surface area contributed by atoms with Crippen LogP contribution in [0.5, 0.6) is 0 Å². The monoisotopic (exact) mass is 326 g/mol. The quantitative estimate of drug-likeness (QED) is 0.745. The van der Waals surface area contributed by atoms with Crippen molar-refractivity contribution >= 4 is 17.7 Å². The number of nitrogens with zero attached hydrogens (tertiary/aromatic N) is 1. The predicted molar refractivity (Wildman–Crippen MR) is 91.4 cm³/mol. The molecule has 2 atom stereocenters. The van der Waals surface area contributed by atoms with Gasteiger partial charge in [-0.1, -0.05) is 20.8 Å². The van der Waals surface area contributed by atoms with Gasteiger partial charge in [0, 0.05) is 36.2 Å². The van der Waals surface area contributed by atoms with E-state index >= 15 is 0 Å². The van der Waals surface area contributed by atoms with Gasteiger partial charge < -0.3 is 10.6 Å². The molecule has 0 radical (unpaired) electrons. The summed E-state index contributed by atoms with van der Waals surface area (Å²) in [5.74, 6) is 0.927. The van der Waals surface area contributed by atoms with Gasteiger partial charge in [-0.05, 0) is 36.6 Å². The van der Waals surface area contributed by atoms with Gasteiger partial charge in [0.1, 0.15) is 5.82 Å². The molecule has 0 fully saturated rings. The molecule has 22 heavy (non-hydrogen) atoms. The number of carbonyl (C=O) groups is 1. The van der Waals surface area contributed by atoms with E-state index in [0.29, 0.717) is 18.2 Å². The lowest BCUT2D eigenvalue weighted by molar-refractivity contribution is -0.133. The number of carbonyl (C=O) groups excluding carboxylic acids is 1. The fraction of sp³-hybridized carbons (Fsp3) is 0.588. The molecular weight excluding hydrogens is 299 g/mol. The average Bonchev–Trinajstić information content (AvgIpc) is 2.50. The number of nitrogens with two attached hydrogens (primary N) is 1. The standard InChI is InChI=1S/C17H27FN2OS/c1-12(2)16(19)9-10-20(4)17(21)13(3)11-22-15-7-5-14(18)6-8-15/h5-8,12-13,16H,9-11,19H2,1-4H3. The lowest BCUT2D eigenvalue weighted by Crippen LogP contribution is -2.37. The van der Waals surface area contributed by atoms with Crippen LogP contribution in [0.4, 0.5) is 4.39 Å². The zero-order valence-electron chi connectivity index (χ0n) is 13.9. The number of benzene rings is 1. The Hall–Kier alpha value is -1.07. The third-order valence-corrected chi connectivity index (χ3v) is 5.04.